The number of unbranched alkanes of at least 4 members (excludes halogenated alkanes) is 16. The predicted molar refractivity (Wildman–Crippen MR) is 161 cm³/mol. The summed E-state index contributed by atoms with van der Waals surface area (Å²) in [5, 5.41) is 3.42. The molecule has 1 atom stereocenters. The van der Waals surface area contributed by atoms with E-state index >= 15 is 0 Å². The van der Waals surface area contributed by atoms with Crippen molar-refractivity contribution in [2.75, 3.05) is 0 Å². The van der Waals surface area contributed by atoms with Gasteiger partial charge in [-0.15, -0.1) is 0 Å². The van der Waals surface area contributed by atoms with Gasteiger partial charge in [0.1, 0.15) is 0 Å². The first-order valence-corrected chi connectivity index (χ1v) is 17.0. The van der Waals surface area contributed by atoms with Crippen LogP contribution in [0, 0.1) is 12.0 Å². The van der Waals surface area contributed by atoms with Gasteiger partial charge in [-0.1, -0.05) is 191 Å². The first-order chi connectivity index (χ1) is 17.3. The average molecular weight is 648 g/mol. The zero-order valence-corrected chi connectivity index (χ0v) is 30.7. The maximum atomic E-state index is 3.84. The fourth-order valence-electron chi connectivity index (χ4n) is 5.79. The van der Waals surface area contributed by atoms with Gasteiger partial charge in [0, 0.05) is 0 Å². The van der Waals surface area contributed by atoms with Gasteiger partial charge >= 0.3 is 21.7 Å². The van der Waals surface area contributed by atoms with Gasteiger partial charge in [-0.25, -0.2) is 16.8 Å². The summed E-state index contributed by atoms with van der Waals surface area (Å²) in [5.41, 5.74) is 3.14. The van der Waals surface area contributed by atoms with Crippen molar-refractivity contribution in [2.24, 2.45) is 5.92 Å². The maximum Gasteiger partial charge on any atom is 4.00 e. The third kappa shape index (κ3) is 20.1. The van der Waals surface area contributed by atoms with Crippen molar-refractivity contribution in [2.45, 2.75) is 149 Å². The van der Waals surface area contributed by atoms with Gasteiger partial charge in [0.15, 0.2) is 0 Å². The maximum absolute atomic E-state index is 3.84. The summed E-state index contributed by atoms with van der Waals surface area (Å²) in [6.07, 6.45) is 32.3. The second-order valence-corrected chi connectivity index (χ2v) is 13.2. The van der Waals surface area contributed by atoms with E-state index in [1.54, 1.807) is 10.8 Å². The minimum absolute atomic E-state index is 0. The quantitative estimate of drug-likeness (QED) is 0.100. The van der Waals surface area contributed by atoms with E-state index in [0.717, 1.165) is 0 Å². The molecule has 1 aliphatic carbocycles. The minimum atomic E-state index is -0.360. The number of hydrogen-bond donors (Lipinski definition) is 0. The van der Waals surface area contributed by atoms with E-state index in [9.17, 15) is 0 Å². The Morgan fingerprint density at radius 3 is 1.51 bits per heavy atom. The minimum Gasteiger partial charge on any atom is -1.00 e. The van der Waals surface area contributed by atoms with E-state index in [4.69, 9.17) is 0 Å². The molecule has 0 saturated carbocycles. The van der Waals surface area contributed by atoms with E-state index in [-0.39, 0.29) is 68.5 Å². The molecule has 0 bridgehead atoms. The Bertz CT molecular complexity index is 720. The van der Waals surface area contributed by atoms with Crippen LogP contribution in [0.25, 0.3) is 0 Å². The Morgan fingerprint density at radius 1 is 0.615 bits per heavy atom. The summed E-state index contributed by atoms with van der Waals surface area (Å²) in [6.45, 7) is 6.97. The molecule has 0 spiro atoms. The van der Waals surface area contributed by atoms with Gasteiger partial charge < -0.3 is 37.2 Å². The van der Waals surface area contributed by atoms with Crippen molar-refractivity contribution in [3.8, 4) is 0 Å². The molecule has 2 rings (SSSR count). The topological polar surface area (TPSA) is 0 Å². The van der Waals surface area contributed by atoms with E-state index in [1.807, 2.05) is 5.20 Å². The molecular weight excluding hydrogens is 591 g/mol. The molecule has 0 fully saturated rings. The molecule has 1 aliphatic rings. The molecule has 222 valence electrons. The molecule has 5 heteroatoms. The fourth-order valence-corrected chi connectivity index (χ4v) is 7.97. The summed E-state index contributed by atoms with van der Waals surface area (Å²) in [6, 6.07) is 11.3. The van der Waals surface area contributed by atoms with Crippen molar-refractivity contribution >= 4 is 14.7 Å². The summed E-state index contributed by atoms with van der Waals surface area (Å²) in [4.78, 5) is 0. The molecule has 0 heterocycles. The second-order valence-electron chi connectivity index (χ2n) is 11.2. The Balaban J connectivity index is -0.00000324. The molecule has 0 aliphatic heterocycles. The van der Waals surface area contributed by atoms with Crippen LogP contribution in [0.5, 0.6) is 0 Å². The van der Waals surface area contributed by atoms with Crippen molar-refractivity contribution in [1.29, 1.82) is 0 Å². The average Bonchev–Trinajstić information content (AvgIpc) is 3.16. The van der Waals surface area contributed by atoms with Crippen molar-refractivity contribution in [1.82, 2.24) is 0 Å². The predicted octanol–water partition coefficient (Wildman–Crippen LogP) is 0.965. The summed E-state index contributed by atoms with van der Waals surface area (Å²) in [7, 11) is -0.360. The van der Waals surface area contributed by atoms with E-state index in [2.05, 4.69) is 57.2 Å². The normalized spacial score (nSPS) is 14.4. The number of benzene rings is 1. The van der Waals surface area contributed by atoms with E-state index in [1.165, 1.54) is 134 Å². The largest absolute Gasteiger partial charge is 4.00 e. The number of allylic oxidation sites excluding steroid dienone is 4. The van der Waals surface area contributed by atoms with Gasteiger partial charge in [0.2, 0.25) is 0 Å². The van der Waals surface area contributed by atoms with E-state index < -0.39 is 0 Å². The van der Waals surface area contributed by atoms with Crippen LogP contribution in [0.4, 0.5) is 0 Å². The van der Waals surface area contributed by atoms with Crippen molar-refractivity contribution in [3.63, 3.8) is 0 Å². The van der Waals surface area contributed by atoms with Crippen LogP contribution < -0.4 is 42.4 Å². The molecular formula is C34H57Cl3SiTi. The molecule has 0 aromatic heterocycles. The van der Waals surface area contributed by atoms with Crippen LogP contribution in [0.15, 0.2) is 46.7 Å². The third-order valence-corrected chi connectivity index (χ3v) is 10.2. The van der Waals surface area contributed by atoms with Crippen molar-refractivity contribution in [3.05, 3.63) is 52.8 Å². The molecule has 0 amide bonds. The van der Waals surface area contributed by atoms with Gasteiger partial charge in [-0.05, 0) is 9.52 Å². The van der Waals surface area contributed by atoms with Crippen molar-refractivity contribution < 1.29 is 58.9 Å². The zero-order chi connectivity index (χ0) is 25.0. The van der Waals surface area contributed by atoms with E-state index in [0.29, 0.717) is 5.92 Å². The monoisotopic (exact) mass is 646 g/mol. The first kappa shape index (κ1) is 43.9. The molecule has 0 nitrogen and oxygen atoms in total. The number of halogens is 3. The second kappa shape index (κ2) is 30.0. The van der Waals surface area contributed by atoms with Gasteiger partial charge in [0.05, 0.1) is 0 Å². The summed E-state index contributed by atoms with van der Waals surface area (Å²) in [5.74, 6) is 0.709. The fraction of sp³-hybridized carbons (Fsp3) is 0.706. The Morgan fingerprint density at radius 2 is 1.05 bits per heavy atom. The number of hydrogen-bond acceptors (Lipinski definition) is 0. The molecule has 1 aromatic carbocycles. The van der Waals surface area contributed by atoms with Crippen LogP contribution in [0.1, 0.15) is 149 Å². The van der Waals surface area contributed by atoms with Crippen LogP contribution >= 0.6 is 0 Å². The number of rotatable bonds is 22. The SMILES string of the molecule is CCCCCCCCCCCCCCCCCCC1C(C)=[C-]C(CCCC)=C1[SiH2]c1ccccc1.[Cl-].[Cl-].[Cl-].[Ti+4]. The van der Waals surface area contributed by atoms with Crippen LogP contribution in [-0.4, -0.2) is 9.52 Å². The molecule has 0 N–H and O–H groups in total. The van der Waals surface area contributed by atoms with Crippen LogP contribution in [0.2, 0.25) is 0 Å². The molecule has 39 heavy (non-hydrogen) atoms. The van der Waals surface area contributed by atoms with Gasteiger partial charge in [0.25, 0.3) is 0 Å². The molecule has 0 radical (unpaired) electrons. The Labute approximate surface area is 279 Å². The standard InChI is InChI=1S/C34H57Si.3ClH.Ti/c1-4-6-8-9-10-11-12-13-14-15-16-17-18-19-20-24-28-33-30(3)29-31(25-7-5-2)34(33)35-32-26-22-21-23-27-32;;;;/h21-23,26-27,33H,4-20,24-25,28,35H2,1-3H3;3*1H;/q-1;;;;+4/p-3. The smallest absolute Gasteiger partial charge is 1.00 e. The molecule has 1 aromatic rings. The van der Waals surface area contributed by atoms with Gasteiger partial charge in [-0.3, -0.25) is 0 Å². The van der Waals surface area contributed by atoms with Crippen LogP contribution in [-0.2, 0) is 21.7 Å². The summed E-state index contributed by atoms with van der Waals surface area (Å²) >= 11 is 0. The third-order valence-electron chi connectivity index (χ3n) is 8.04. The first-order valence-electron chi connectivity index (χ1n) is 15.6. The Hall–Kier alpha value is 0.501. The zero-order valence-electron chi connectivity index (χ0n) is 25.4. The molecule has 1 unspecified atom stereocenters. The van der Waals surface area contributed by atoms with Crippen LogP contribution in [0.3, 0.4) is 0 Å². The van der Waals surface area contributed by atoms with Gasteiger partial charge in [-0.2, -0.15) is 5.57 Å². The summed E-state index contributed by atoms with van der Waals surface area (Å²) < 4.78 is 0. The Kier molecular flexibility index (Phi) is 33.8. The molecule has 0 saturated heterocycles.